The molecule has 0 spiro atoms. The quantitative estimate of drug-likeness (QED) is 0.456. The number of carbonyl (C=O) groups excluding carboxylic acids is 2. The van der Waals surface area contributed by atoms with Gasteiger partial charge in [0.05, 0.1) is 11.4 Å². The Bertz CT molecular complexity index is 896. The minimum atomic E-state index is -1.04. The number of nitrogens with zero attached hydrogens (tertiary/aromatic N) is 2. The van der Waals surface area contributed by atoms with Gasteiger partial charge in [0.25, 0.3) is 5.91 Å². The van der Waals surface area contributed by atoms with Crippen LogP contribution < -0.4 is 10.2 Å². The van der Waals surface area contributed by atoms with Crippen molar-refractivity contribution in [2.24, 2.45) is 10.9 Å². The van der Waals surface area contributed by atoms with E-state index in [1.54, 1.807) is 12.1 Å². The van der Waals surface area contributed by atoms with Gasteiger partial charge >= 0.3 is 0 Å². The summed E-state index contributed by atoms with van der Waals surface area (Å²) in [4.78, 5) is 30.7. The first-order valence-corrected chi connectivity index (χ1v) is 9.27. The molecule has 0 aromatic heterocycles. The number of rotatable bonds is 4. The first-order valence-electron chi connectivity index (χ1n) is 8.07. The van der Waals surface area contributed by atoms with Gasteiger partial charge in [0.1, 0.15) is 0 Å². The third-order valence-corrected chi connectivity index (χ3v) is 4.76. The molecule has 0 bridgehead atoms. The molecule has 1 heterocycles. The average Bonchev–Trinajstić information content (AvgIpc) is 2.62. The molecule has 132 valence electrons. The summed E-state index contributed by atoms with van der Waals surface area (Å²) in [5.74, 6) is -1.92. The minimum absolute atomic E-state index is 0.0800. The molecule has 0 aliphatic carbocycles. The van der Waals surface area contributed by atoms with Crippen LogP contribution in [0.15, 0.2) is 58.0 Å². The third-order valence-electron chi connectivity index (χ3n) is 3.99. The van der Waals surface area contributed by atoms with Gasteiger partial charge in [-0.25, -0.2) is 0 Å². The molecule has 1 aliphatic heterocycles. The molecule has 5 nitrogen and oxygen atoms in total. The molecule has 0 radical (unpaired) electrons. The molecule has 1 aliphatic rings. The van der Waals surface area contributed by atoms with Gasteiger partial charge in [0.15, 0.2) is 11.0 Å². The van der Waals surface area contributed by atoms with Crippen molar-refractivity contribution in [3.8, 4) is 0 Å². The zero-order chi connectivity index (χ0) is 18.7. The van der Waals surface area contributed by atoms with Crippen molar-refractivity contribution >= 4 is 62.7 Å². The van der Waals surface area contributed by atoms with Crippen molar-refractivity contribution in [3.63, 3.8) is 0 Å². The summed E-state index contributed by atoms with van der Waals surface area (Å²) >= 11 is 8.56. The molecule has 0 unspecified atom stereocenters. The third kappa shape index (κ3) is 3.89. The minimum Gasteiger partial charge on any atom is -0.301 e. The van der Waals surface area contributed by atoms with Crippen LogP contribution in [0.1, 0.15) is 12.5 Å². The number of thiocarbonyl (C=S) groups is 1. The van der Waals surface area contributed by atoms with Gasteiger partial charge in [0, 0.05) is 10.7 Å². The summed E-state index contributed by atoms with van der Waals surface area (Å²) in [6.45, 7) is 2.06. The average molecular weight is 430 g/mol. The van der Waals surface area contributed by atoms with Crippen LogP contribution >= 0.6 is 28.1 Å². The maximum atomic E-state index is 12.9. The number of benzene rings is 2. The van der Waals surface area contributed by atoms with E-state index >= 15 is 0 Å². The summed E-state index contributed by atoms with van der Waals surface area (Å²) in [7, 11) is 0. The van der Waals surface area contributed by atoms with Crippen molar-refractivity contribution < 1.29 is 9.59 Å². The lowest BCUT2D eigenvalue weighted by atomic mass is 10.1. The molecule has 2 aromatic carbocycles. The molecule has 1 N–H and O–H groups in total. The van der Waals surface area contributed by atoms with Crippen LogP contribution in [0.2, 0.25) is 0 Å². The Labute approximate surface area is 165 Å². The number of nitrogens with one attached hydrogen (secondary N) is 1. The van der Waals surface area contributed by atoms with Gasteiger partial charge < -0.3 is 5.32 Å². The van der Waals surface area contributed by atoms with Crippen LogP contribution in [0.5, 0.6) is 0 Å². The number of hydrogen-bond acceptors (Lipinski definition) is 4. The van der Waals surface area contributed by atoms with E-state index in [4.69, 9.17) is 12.2 Å². The molecule has 3 rings (SSSR count). The Kier molecular flexibility index (Phi) is 5.58. The van der Waals surface area contributed by atoms with Gasteiger partial charge in [-0.05, 0) is 54.5 Å². The molecule has 1 saturated heterocycles. The zero-order valence-corrected chi connectivity index (χ0v) is 16.4. The fraction of sp³-hybridized carbons (Fsp3) is 0.158. The van der Waals surface area contributed by atoms with Crippen LogP contribution in [0.3, 0.4) is 0 Å². The highest BCUT2D eigenvalue weighted by Crippen LogP contribution is 2.22. The highest BCUT2D eigenvalue weighted by Gasteiger charge is 2.38. The second-order valence-corrected chi connectivity index (χ2v) is 7.03. The lowest BCUT2D eigenvalue weighted by Crippen LogP contribution is -2.58. The lowest BCUT2D eigenvalue weighted by Gasteiger charge is -2.31. The maximum Gasteiger partial charge on any atom is 0.251 e. The van der Waals surface area contributed by atoms with E-state index in [9.17, 15) is 9.59 Å². The van der Waals surface area contributed by atoms with Crippen LogP contribution in [0.25, 0.3) is 0 Å². The smallest absolute Gasteiger partial charge is 0.251 e. The van der Waals surface area contributed by atoms with Gasteiger partial charge in [-0.1, -0.05) is 41.1 Å². The monoisotopic (exact) mass is 429 g/mol. The van der Waals surface area contributed by atoms with Gasteiger partial charge in [-0.2, -0.15) is 0 Å². The van der Waals surface area contributed by atoms with Crippen LogP contribution in [0, 0.1) is 5.92 Å². The number of amides is 2. The molecular weight excluding hydrogens is 414 g/mol. The second-order valence-electron chi connectivity index (χ2n) is 5.72. The molecular formula is C19H16BrN3O2S. The van der Waals surface area contributed by atoms with Crippen LogP contribution in [-0.4, -0.2) is 23.1 Å². The Morgan fingerprint density at radius 1 is 1.23 bits per heavy atom. The van der Waals surface area contributed by atoms with Crippen molar-refractivity contribution in [1.82, 2.24) is 5.32 Å². The Balaban J connectivity index is 1.87. The highest BCUT2D eigenvalue weighted by atomic mass is 79.9. The van der Waals surface area contributed by atoms with E-state index in [1.165, 1.54) is 11.1 Å². The molecule has 7 heteroatoms. The Morgan fingerprint density at radius 3 is 2.62 bits per heavy atom. The van der Waals surface area contributed by atoms with E-state index in [0.29, 0.717) is 11.4 Å². The number of carbonyl (C=O) groups is 2. The van der Waals surface area contributed by atoms with Crippen molar-refractivity contribution in [2.45, 2.75) is 13.3 Å². The number of aliphatic imine (C=N–C) groups is 1. The van der Waals surface area contributed by atoms with E-state index in [-0.39, 0.29) is 5.11 Å². The van der Waals surface area contributed by atoms with Crippen LogP contribution in [0.4, 0.5) is 11.4 Å². The predicted octanol–water partition coefficient (Wildman–Crippen LogP) is 3.78. The molecule has 1 atom stereocenters. The number of hydrogen-bond donors (Lipinski definition) is 1. The van der Waals surface area contributed by atoms with Crippen molar-refractivity contribution in [1.29, 1.82) is 0 Å². The van der Waals surface area contributed by atoms with Gasteiger partial charge in [-0.15, -0.1) is 0 Å². The largest absolute Gasteiger partial charge is 0.301 e. The first-order chi connectivity index (χ1) is 12.5. The van der Waals surface area contributed by atoms with Crippen molar-refractivity contribution in [3.05, 3.63) is 58.6 Å². The number of halogens is 1. The van der Waals surface area contributed by atoms with Gasteiger partial charge in [-0.3, -0.25) is 19.5 Å². The fourth-order valence-electron chi connectivity index (χ4n) is 2.56. The standard InChI is InChI=1S/C19H16BrN3O2S/c1-2-12-6-8-15(9-7-12)23-18(25)16(17(24)22-19(23)26)11-21-14-5-3-4-13(20)10-14/h3-11,16H,2H2,1H3,(H,22,24,26)/t16-/m1/s1. The molecule has 2 aromatic rings. The van der Waals surface area contributed by atoms with E-state index in [2.05, 4.69) is 33.2 Å². The topological polar surface area (TPSA) is 61.8 Å². The number of aryl methyl sites for hydroxylation is 1. The van der Waals surface area contributed by atoms with Crippen molar-refractivity contribution in [2.75, 3.05) is 4.90 Å². The first kappa shape index (κ1) is 18.4. The summed E-state index contributed by atoms with van der Waals surface area (Å²) in [5, 5.41) is 2.66. The van der Waals surface area contributed by atoms with E-state index in [0.717, 1.165) is 16.5 Å². The highest BCUT2D eigenvalue weighted by molar-refractivity contribution is 9.10. The lowest BCUT2D eigenvalue weighted by molar-refractivity contribution is -0.130. The van der Waals surface area contributed by atoms with E-state index in [1.807, 2.05) is 36.4 Å². The molecule has 26 heavy (non-hydrogen) atoms. The van der Waals surface area contributed by atoms with Crippen LogP contribution in [-0.2, 0) is 16.0 Å². The summed E-state index contributed by atoms with van der Waals surface area (Å²) in [6.07, 6.45) is 2.26. The summed E-state index contributed by atoms with van der Waals surface area (Å²) < 4.78 is 0.866. The maximum absolute atomic E-state index is 12.9. The summed E-state index contributed by atoms with van der Waals surface area (Å²) in [6, 6.07) is 14.8. The Morgan fingerprint density at radius 2 is 1.96 bits per heavy atom. The molecule has 1 fully saturated rings. The Hall–Kier alpha value is -2.38. The fourth-order valence-corrected chi connectivity index (χ4v) is 3.25. The predicted molar refractivity (Wildman–Crippen MR) is 110 cm³/mol. The zero-order valence-electron chi connectivity index (χ0n) is 14.0. The molecule has 0 saturated carbocycles. The summed E-state index contributed by atoms with van der Waals surface area (Å²) in [5.41, 5.74) is 2.42. The van der Waals surface area contributed by atoms with Gasteiger partial charge in [0.2, 0.25) is 5.91 Å². The molecule has 2 amide bonds. The SMILES string of the molecule is CCc1ccc(N2C(=O)[C@H](C=Nc3cccc(Br)c3)C(=O)NC2=S)cc1. The second kappa shape index (κ2) is 7.88. The number of anilines is 1. The van der Waals surface area contributed by atoms with E-state index < -0.39 is 17.7 Å². The normalized spacial score (nSPS) is 17.7.